The van der Waals surface area contributed by atoms with Gasteiger partial charge in [-0.1, -0.05) is 13.8 Å². The van der Waals surface area contributed by atoms with Gasteiger partial charge in [0.2, 0.25) is 0 Å². The van der Waals surface area contributed by atoms with Crippen molar-refractivity contribution in [3.05, 3.63) is 0 Å². The summed E-state index contributed by atoms with van der Waals surface area (Å²) in [4.78, 5) is 14.4. The minimum atomic E-state index is -4.57. The molecule has 0 aliphatic carbocycles. The summed E-state index contributed by atoms with van der Waals surface area (Å²) in [5, 5.41) is 0. The quantitative estimate of drug-likeness (QED) is 0.723. The van der Waals surface area contributed by atoms with Gasteiger partial charge < -0.3 is 9.80 Å². The van der Waals surface area contributed by atoms with Crippen molar-refractivity contribution in [3.63, 3.8) is 0 Å². The molecule has 1 amide bonds. The molecular weight excluding hydrogens is 264 g/mol. The van der Waals surface area contributed by atoms with Crippen LogP contribution < -0.4 is 0 Å². The van der Waals surface area contributed by atoms with Crippen LogP contribution in [-0.2, 0) is 4.79 Å². The van der Waals surface area contributed by atoms with E-state index in [4.69, 9.17) is 0 Å². The summed E-state index contributed by atoms with van der Waals surface area (Å²) in [6.07, 6.45) is -2.85. The molecule has 0 radical (unpaired) electrons. The molecule has 1 saturated heterocycles. The first-order valence-corrected chi connectivity index (χ1v) is 6.53. The predicted molar refractivity (Wildman–Crippen MR) is 63.5 cm³/mol. The van der Waals surface area contributed by atoms with Crippen molar-refractivity contribution in [3.8, 4) is 0 Å². The average Bonchev–Trinajstić information content (AvgIpc) is 2.40. The van der Waals surface area contributed by atoms with E-state index < -0.39 is 18.3 Å². The molecule has 0 N–H and O–H groups in total. The molecule has 0 aromatic heterocycles. The van der Waals surface area contributed by atoms with Crippen LogP contribution in [-0.4, -0.2) is 60.3 Å². The highest BCUT2D eigenvalue weighted by atomic mass is 19.3. The molecule has 0 saturated carbocycles. The van der Waals surface area contributed by atoms with Crippen LogP contribution in [0.25, 0.3) is 0 Å². The largest absolute Gasteiger partial charge is 0.383 e. The molecule has 19 heavy (non-hydrogen) atoms. The maximum Gasteiger partial charge on any atom is 0.383 e. The van der Waals surface area contributed by atoms with Gasteiger partial charge in [0.05, 0.1) is 0 Å². The van der Waals surface area contributed by atoms with Crippen molar-refractivity contribution in [1.29, 1.82) is 0 Å². The lowest BCUT2D eigenvalue weighted by molar-refractivity contribution is -0.182. The first-order valence-electron chi connectivity index (χ1n) is 6.53. The monoisotopic (exact) mass is 284 g/mol. The van der Waals surface area contributed by atoms with E-state index in [2.05, 4.69) is 4.90 Å². The second-order valence-corrected chi connectivity index (χ2v) is 4.67. The zero-order valence-corrected chi connectivity index (χ0v) is 11.2. The molecule has 0 aromatic rings. The third kappa shape index (κ3) is 3.58. The van der Waals surface area contributed by atoms with Crippen LogP contribution in [0.2, 0.25) is 0 Å². The highest BCUT2D eigenvalue weighted by Crippen LogP contribution is 2.27. The van der Waals surface area contributed by atoms with Crippen molar-refractivity contribution in [1.82, 2.24) is 9.80 Å². The smallest absolute Gasteiger partial charge is 0.337 e. The zero-order valence-electron chi connectivity index (χ0n) is 11.2. The lowest BCUT2D eigenvalue weighted by atomic mass is 10.0. The maximum atomic E-state index is 13.0. The SMILES string of the molecule is CCN(CC)C1CCN(C(=O)C(F)(F)C(F)F)CC1. The van der Waals surface area contributed by atoms with Crippen LogP contribution in [0.3, 0.4) is 0 Å². The summed E-state index contributed by atoms with van der Waals surface area (Å²) in [5.41, 5.74) is 0. The predicted octanol–water partition coefficient (Wildman–Crippen LogP) is 2.22. The third-order valence-corrected chi connectivity index (χ3v) is 3.64. The van der Waals surface area contributed by atoms with Crippen molar-refractivity contribution in [2.45, 2.75) is 45.1 Å². The second-order valence-electron chi connectivity index (χ2n) is 4.67. The Hall–Kier alpha value is -0.850. The van der Waals surface area contributed by atoms with E-state index >= 15 is 0 Å². The molecule has 3 nitrogen and oxygen atoms in total. The van der Waals surface area contributed by atoms with Gasteiger partial charge in [0.1, 0.15) is 0 Å². The number of amides is 1. The van der Waals surface area contributed by atoms with E-state index in [0.717, 1.165) is 18.0 Å². The van der Waals surface area contributed by atoms with E-state index in [1.807, 2.05) is 13.8 Å². The third-order valence-electron chi connectivity index (χ3n) is 3.64. The molecule has 0 atom stereocenters. The summed E-state index contributed by atoms with van der Waals surface area (Å²) >= 11 is 0. The minimum Gasteiger partial charge on any atom is -0.337 e. The van der Waals surface area contributed by atoms with Crippen molar-refractivity contribution >= 4 is 5.91 Å². The Labute approximate surface area is 110 Å². The number of rotatable bonds is 5. The van der Waals surface area contributed by atoms with Gasteiger partial charge in [0.25, 0.3) is 5.91 Å². The Morgan fingerprint density at radius 1 is 1.26 bits per heavy atom. The first kappa shape index (κ1) is 16.2. The van der Waals surface area contributed by atoms with Crippen LogP contribution in [0.4, 0.5) is 17.6 Å². The number of nitrogens with zero attached hydrogens (tertiary/aromatic N) is 2. The second kappa shape index (κ2) is 6.54. The number of hydrogen-bond acceptors (Lipinski definition) is 2. The summed E-state index contributed by atoms with van der Waals surface area (Å²) in [6, 6.07) is 0.235. The molecular formula is C12H20F4N2O. The molecule has 0 aromatic carbocycles. The van der Waals surface area contributed by atoms with Crippen molar-refractivity contribution < 1.29 is 22.4 Å². The lowest BCUT2D eigenvalue weighted by Crippen LogP contribution is -2.53. The van der Waals surface area contributed by atoms with Crippen LogP contribution in [0.15, 0.2) is 0 Å². The Kier molecular flexibility index (Phi) is 5.58. The minimum absolute atomic E-state index is 0.113. The molecule has 0 bridgehead atoms. The van der Waals surface area contributed by atoms with Gasteiger partial charge in [-0.3, -0.25) is 4.79 Å². The molecule has 1 aliphatic heterocycles. The van der Waals surface area contributed by atoms with Gasteiger partial charge in [-0.25, -0.2) is 8.78 Å². The first-order chi connectivity index (χ1) is 8.84. The number of carbonyl (C=O) groups is 1. The molecule has 112 valence electrons. The standard InChI is InChI=1S/C12H20F4N2O/c1-3-17(4-2)9-5-7-18(8-6-9)11(19)12(15,16)10(13)14/h9-10H,3-8H2,1-2H3. The number of carbonyl (C=O) groups excluding carboxylic acids is 1. The molecule has 1 fully saturated rings. The van der Waals surface area contributed by atoms with Gasteiger partial charge in [0.15, 0.2) is 0 Å². The maximum absolute atomic E-state index is 13.0. The molecule has 0 spiro atoms. The number of halogens is 4. The summed E-state index contributed by atoms with van der Waals surface area (Å²) < 4.78 is 50.2. The molecule has 7 heteroatoms. The van der Waals surface area contributed by atoms with E-state index in [0.29, 0.717) is 12.8 Å². The lowest BCUT2D eigenvalue weighted by Gasteiger charge is -2.38. The molecule has 1 heterocycles. The van der Waals surface area contributed by atoms with Crippen LogP contribution in [0.5, 0.6) is 0 Å². The van der Waals surface area contributed by atoms with Crippen LogP contribution >= 0.6 is 0 Å². The van der Waals surface area contributed by atoms with E-state index in [9.17, 15) is 22.4 Å². The van der Waals surface area contributed by atoms with Gasteiger partial charge in [-0.2, -0.15) is 8.78 Å². The van der Waals surface area contributed by atoms with E-state index in [1.54, 1.807) is 0 Å². The normalized spacial score (nSPS) is 18.4. The Morgan fingerprint density at radius 2 is 1.74 bits per heavy atom. The molecule has 0 unspecified atom stereocenters. The van der Waals surface area contributed by atoms with Gasteiger partial charge in [-0.15, -0.1) is 0 Å². The highest BCUT2D eigenvalue weighted by Gasteiger charge is 2.51. The van der Waals surface area contributed by atoms with Gasteiger partial charge >= 0.3 is 12.3 Å². The summed E-state index contributed by atoms with van der Waals surface area (Å²) in [5.74, 6) is -6.32. The molecule has 1 aliphatic rings. The number of likely N-dealkylation sites (tertiary alicyclic amines) is 1. The number of hydrogen-bond donors (Lipinski definition) is 0. The fraction of sp³-hybridized carbons (Fsp3) is 0.917. The Balaban J connectivity index is 2.57. The van der Waals surface area contributed by atoms with Gasteiger partial charge in [-0.05, 0) is 25.9 Å². The van der Waals surface area contributed by atoms with Gasteiger partial charge in [0, 0.05) is 19.1 Å². The summed E-state index contributed by atoms with van der Waals surface area (Å²) in [6.45, 7) is 5.94. The van der Waals surface area contributed by atoms with Crippen molar-refractivity contribution in [2.24, 2.45) is 0 Å². The number of alkyl halides is 4. The van der Waals surface area contributed by atoms with Crippen LogP contribution in [0, 0.1) is 0 Å². The zero-order chi connectivity index (χ0) is 14.6. The Bertz CT molecular complexity index is 300. The highest BCUT2D eigenvalue weighted by molar-refractivity contribution is 5.84. The number of piperidine rings is 1. The molecule has 1 rings (SSSR count). The Morgan fingerprint density at radius 3 is 2.11 bits per heavy atom. The van der Waals surface area contributed by atoms with E-state index in [1.165, 1.54) is 0 Å². The topological polar surface area (TPSA) is 23.6 Å². The fourth-order valence-electron chi connectivity index (χ4n) is 2.48. The average molecular weight is 284 g/mol. The van der Waals surface area contributed by atoms with Crippen molar-refractivity contribution in [2.75, 3.05) is 26.2 Å². The fourth-order valence-corrected chi connectivity index (χ4v) is 2.48. The summed E-state index contributed by atoms with van der Waals surface area (Å²) in [7, 11) is 0. The van der Waals surface area contributed by atoms with Crippen LogP contribution in [0.1, 0.15) is 26.7 Å². The van der Waals surface area contributed by atoms with E-state index in [-0.39, 0.29) is 19.1 Å².